The zero-order chi connectivity index (χ0) is 13.7. The van der Waals surface area contributed by atoms with E-state index in [2.05, 4.69) is 36.1 Å². The lowest BCUT2D eigenvalue weighted by Gasteiger charge is -2.29. The quantitative estimate of drug-likeness (QED) is 0.858. The number of likely N-dealkylation sites (N-methyl/N-ethyl adjacent to an activating group) is 1. The highest BCUT2D eigenvalue weighted by molar-refractivity contribution is 5.03. The van der Waals surface area contributed by atoms with E-state index in [0.29, 0.717) is 18.0 Å². The molecule has 108 valence electrons. The topological polar surface area (TPSA) is 39.1 Å². The molecule has 1 N–H and O–H groups in total. The van der Waals surface area contributed by atoms with E-state index in [4.69, 9.17) is 9.84 Å². The third-order valence-electron chi connectivity index (χ3n) is 4.27. The lowest BCUT2D eigenvalue weighted by Crippen LogP contribution is -2.40. The number of hydrogen-bond acceptors (Lipinski definition) is 3. The Morgan fingerprint density at radius 1 is 1.58 bits per heavy atom. The van der Waals surface area contributed by atoms with Crippen molar-refractivity contribution < 1.29 is 4.74 Å². The molecule has 1 aliphatic heterocycles. The molecule has 0 bridgehead atoms. The van der Waals surface area contributed by atoms with Crippen LogP contribution in [0, 0.1) is 5.92 Å². The van der Waals surface area contributed by atoms with Gasteiger partial charge in [0.15, 0.2) is 0 Å². The van der Waals surface area contributed by atoms with Crippen LogP contribution in [0.4, 0.5) is 0 Å². The summed E-state index contributed by atoms with van der Waals surface area (Å²) in [4.78, 5) is 0. The monoisotopic (exact) mass is 265 g/mol. The summed E-state index contributed by atoms with van der Waals surface area (Å²) in [5.74, 6) is 0.618. The summed E-state index contributed by atoms with van der Waals surface area (Å²) in [5, 5.41) is 8.14. The third kappa shape index (κ3) is 3.80. The van der Waals surface area contributed by atoms with Crippen molar-refractivity contribution in [3.8, 4) is 0 Å². The molecule has 0 radical (unpaired) electrons. The van der Waals surface area contributed by atoms with Crippen molar-refractivity contribution in [1.29, 1.82) is 0 Å². The Kier molecular flexibility index (Phi) is 5.40. The summed E-state index contributed by atoms with van der Waals surface area (Å²) in [5.41, 5.74) is 1.19. The van der Waals surface area contributed by atoms with Gasteiger partial charge in [-0.1, -0.05) is 6.92 Å². The maximum atomic E-state index is 5.60. The Labute approximate surface area is 116 Å². The number of nitrogens with one attached hydrogen (secondary N) is 1. The molecule has 4 nitrogen and oxygen atoms in total. The van der Waals surface area contributed by atoms with E-state index in [-0.39, 0.29) is 0 Å². The van der Waals surface area contributed by atoms with Gasteiger partial charge >= 0.3 is 0 Å². The first-order valence-corrected chi connectivity index (χ1v) is 7.53. The molecular weight excluding hydrogens is 238 g/mol. The molecule has 0 aliphatic carbocycles. The highest BCUT2D eigenvalue weighted by Crippen LogP contribution is 2.20. The Balaban J connectivity index is 1.95. The predicted molar refractivity (Wildman–Crippen MR) is 77.3 cm³/mol. The molecule has 4 heteroatoms. The van der Waals surface area contributed by atoms with E-state index in [0.717, 1.165) is 26.1 Å². The lowest BCUT2D eigenvalue weighted by atomic mass is 9.91. The van der Waals surface area contributed by atoms with Crippen LogP contribution in [0.5, 0.6) is 0 Å². The van der Waals surface area contributed by atoms with Crippen molar-refractivity contribution in [2.75, 3.05) is 20.3 Å². The van der Waals surface area contributed by atoms with Gasteiger partial charge in [-0.2, -0.15) is 5.10 Å². The molecule has 3 unspecified atom stereocenters. The third-order valence-corrected chi connectivity index (χ3v) is 4.27. The van der Waals surface area contributed by atoms with Crippen LogP contribution in [0.25, 0.3) is 0 Å². The van der Waals surface area contributed by atoms with Gasteiger partial charge in [-0.3, -0.25) is 4.68 Å². The minimum absolute atomic E-state index is 0.473. The summed E-state index contributed by atoms with van der Waals surface area (Å²) in [7, 11) is 2.05. The second kappa shape index (κ2) is 7.06. The van der Waals surface area contributed by atoms with Gasteiger partial charge in [0, 0.05) is 31.3 Å². The number of nitrogens with zero attached hydrogens (tertiary/aromatic N) is 2. The largest absolute Gasteiger partial charge is 0.381 e. The van der Waals surface area contributed by atoms with Crippen LogP contribution in [0.15, 0.2) is 12.3 Å². The number of rotatable bonds is 6. The standard InChI is InChI=1S/C15H27N3O/c1-4-12(2)18-8-7-14(17-18)10-15(16-3)13-6-5-9-19-11-13/h7-8,12-13,15-16H,4-6,9-11H2,1-3H3. The Hall–Kier alpha value is -0.870. The Bertz CT molecular complexity index is 371. The maximum Gasteiger partial charge on any atom is 0.0640 e. The molecule has 2 heterocycles. The minimum atomic E-state index is 0.473. The zero-order valence-corrected chi connectivity index (χ0v) is 12.4. The van der Waals surface area contributed by atoms with Crippen molar-refractivity contribution in [1.82, 2.24) is 15.1 Å². The van der Waals surface area contributed by atoms with Crippen LogP contribution in [-0.2, 0) is 11.2 Å². The van der Waals surface area contributed by atoms with Gasteiger partial charge in [0.05, 0.1) is 12.3 Å². The summed E-state index contributed by atoms with van der Waals surface area (Å²) in [6.45, 7) is 6.22. The highest BCUT2D eigenvalue weighted by atomic mass is 16.5. The number of aromatic nitrogens is 2. The van der Waals surface area contributed by atoms with Gasteiger partial charge in [0.1, 0.15) is 0 Å². The van der Waals surface area contributed by atoms with Gasteiger partial charge in [-0.15, -0.1) is 0 Å². The fraction of sp³-hybridized carbons (Fsp3) is 0.800. The molecule has 0 spiro atoms. The molecule has 3 atom stereocenters. The molecule has 1 aromatic heterocycles. The first kappa shape index (κ1) is 14.5. The van der Waals surface area contributed by atoms with E-state index >= 15 is 0 Å². The van der Waals surface area contributed by atoms with Crippen molar-refractivity contribution in [3.05, 3.63) is 18.0 Å². The summed E-state index contributed by atoms with van der Waals surface area (Å²) >= 11 is 0. The van der Waals surface area contributed by atoms with Crippen LogP contribution in [-0.4, -0.2) is 36.1 Å². The van der Waals surface area contributed by atoms with E-state index < -0.39 is 0 Å². The molecule has 1 aromatic rings. The van der Waals surface area contributed by atoms with Crippen molar-refractivity contribution in [3.63, 3.8) is 0 Å². The van der Waals surface area contributed by atoms with Crippen molar-refractivity contribution in [2.24, 2.45) is 5.92 Å². The first-order valence-electron chi connectivity index (χ1n) is 7.53. The SMILES string of the molecule is CCC(C)n1ccc(CC(NC)C2CCCOC2)n1. The maximum absolute atomic E-state index is 5.60. The fourth-order valence-electron chi connectivity index (χ4n) is 2.73. The van der Waals surface area contributed by atoms with E-state index in [1.165, 1.54) is 18.5 Å². The van der Waals surface area contributed by atoms with E-state index in [1.54, 1.807) is 0 Å². The minimum Gasteiger partial charge on any atom is -0.381 e. The zero-order valence-electron chi connectivity index (χ0n) is 12.4. The van der Waals surface area contributed by atoms with E-state index in [1.807, 2.05) is 7.05 Å². The van der Waals surface area contributed by atoms with Gasteiger partial charge in [-0.25, -0.2) is 0 Å². The molecule has 2 rings (SSSR count). The summed E-state index contributed by atoms with van der Waals surface area (Å²) in [6, 6.07) is 3.11. The van der Waals surface area contributed by atoms with Gasteiger partial charge in [0.25, 0.3) is 0 Å². The van der Waals surface area contributed by atoms with Crippen LogP contribution in [0.3, 0.4) is 0 Å². The molecular formula is C15H27N3O. The molecule has 0 amide bonds. The van der Waals surface area contributed by atoms with Crippen LogP contribution in [0.2, 0.25) is 0 Å². The summed E-state index contributed by atoms with van der Waals surface area (Å²) in [6.07, 6.45) is 6.66. The number of ether oxygens (including phenoxy) is 1. The van der Waals surface area contributed by atoms with Crippen molar-refractivity contribution in [2.45, 2.75) is 51.6 Å². The van der Waals surface area contributed by atoms with Crippen molar-refractivity contribution >= 4 is 0 Å². The van der Waals surface area contributed by atoms with E-state index in [9.17, 15) is 0 Å². The summed E-state index contributed by atoms with van der Waals surface area (Å²) < 4.78 is 7.68. The number of hydrogen-bond donors (Lipinski definition) is 1. The Morgan fingerprint density at radius 2 is 2.42 bits per heavy atom. The average Bonchev–Trinajstić information content (AvgIpc) is 2.93. The van der Waals surface area contributed by atoms with Gasteiger partial charge in [0.2, 0.25) is 0 Å². The smallest absolute Gasteiger partial charge is 0.0640 e. The second-order valence-electron chi connectivity index (χ2n) is 5.62. The van der Waals surface area contributed by atoms with Crippen LogP contribution in [0.1, 0.15) is 44.8 Å². The van der Waals surface area contributed by atoms with Crippen LogP contribution >= 0.6 is 0 Å². The molecule has 1 fully saturated rings. The molecule has 0 saturated carbocycles. The van der Waals surface area contributed by atoms with Gasteiger partial charge in [-0.05, 0) is 45.2 Å². The molecule has 0 aromatic carbocycles. The predicted octanol–water partition coefficient (Wildman–Crippen LogP) is 2.41. The first-order chi connectivity index (χ1) is 9.24. The molecule has 1 saturated heterocycles. The lowest BCUT2D eigenvalue weighted by molar-refractivity contribution is 0.0403. The average molecular weight is 265 g/mol. The second-order valence-corrected chi connectivity index (χ2v) is 5.62. The molecule has 19 heavy (non-hydrogen) atoms. The van der Waals surface area contributed by atoms with Gasteiger partial charge < -0.3 is 10.1 Å². The molecule has 1 aliphatic rings. The normalized spacial score (nSPS) is 23.2. The fourth-order valence-corrected chi connectivity index (χ4v) is 2.73. The highest BCUT2D eigenvalue weighted by Gasteiger charge is 2.23. The Morgan fingerprint density at radius 3 is 3.05 bits per heavy atom. The van der Waals surface area contributed by atoms with Crippen LogP contribution < -0.4 is 5.32 Å².